The summed E-state index contributed by atoms with van der Waals surface area (Å²) in [5.41, 5.74) is 2.17. The van der Waals surface area contributed by atoms with Crippen LogP contribution in [0, 0.1) is 5.92 Å². The van der Waals surface area contributed by atoms with Crippen LogP contribution in [0.25, 0.3) is 0 Å². The number of nitrogens with one attached hydrogen (secondary N) is 2. The van der Waals surface area contributed by atoms with Crippen molar-refractivity contribution >= 4 is 5.96 Å². The van der Waals surface area contributed by atoms with E-state index in [0.717, 1.165) is 54.8 Å². The van der Waals surface area contributed by atoms with Crippen molar-refractivity contribution in [2.75, 3.05) is 27.2 Å². The third-order valence-electron chi connectivity index (χ3n) is 4.65. The molecule has 1 aromatic rings. The molecule has 0 amide bonds. The van der Waals surface area contributed by atoms with Crippen LogP contribution >= 0.6 is 0 Å². The minimum Gasteiger partial charge on any atom is -0.361 e. The zero-order chi connectivity index (χ0) is 17.5. The van der Waals surface area contributed by atoms with Crippen molar-refractivity contribution in [2.45, 2.75) is 59.0 Å². The fraction of sp³-hybridized carbons (Fsp3) is 0.778. The Balaban J connectivity index is 2.01. The monoisotopic (exact) mass is 335 g/mol. The second-order valence-electron chi connectivity index (χ2n) is 6.68. The summed E-state index contributed by atoms with van der Waals surface area (Å²) in [6, 6.07) is 0.571. The highest BCUT2D eigenvalue weighted by atomic mass is 16.5. The van der Waals surface area contributed by atoms with Crippen LogP contribution in [-0.4, -0.2) is 49.2 Å². The number of rotatable bonds is 9. The number of hydrogen-bond acceptors (Lipinski definition) is 4. The van der Waals surface area contributed by atoms with E-state index in [1.165, 1.54) is 12.8 Å². The number of hydrogen-bond donors (Lipinski definition) is 2. The topological polar surface area (TPSA) is 65.7 Å². The fourth-order valence-corrected chi connectivity index (χ4v) is 3.07. The molecule has 1 saturated carbocycles. The van der Waals surface area contributed by atoms with Gasteiger partial charge in [0.15, 0.2) is 5.96 Å². The summed E-state index contributed by atoms with van der Waals surface area (Å²) in [6.45, 7) is 8.68. The quantitative estimate of drug-likeness (QED) is 0.535. The molecule has 0 saturated heterocycles. The molecule has 6 nitrogen and oxygen atoms in total. The molecule has 1 fully saturated rings. The maximum absolute atomic E-state index is 5.43. The molecule has 2 N–H and O–H groups in total. The number of nitrogens with zero attached hydrogens (tertiary/aromatic N) is 3. The first-order valence-corrected chi connectivity index (χ1v) is 9.25. The van der Waals surface area contributed by atoms with E-state index in [2.05, 4.69) is 55.6 Å². The zero-order valence-electron chi connectivity index (χ0n) is 15.9. The van der Waals surface area contributed by atoms with Gasteiger partial charge in [0, 0.05) is 31.1 Å². The Morgan fingerprint density at radius 2 is 2.00 bits per heavy atom. The van der Waals surface area contributed by atoms with Crippen molar-refractivity contribution in [1.29, 1.82) is 0 Å². The predicted octanol–water partition coefficient (Wildman–Crippen LogP) is 2.19. The van der Waals surface area contributed by atoms with Gasteiger partial charge in [-0.05, 0) is 46.2 Å². The minimum atomic E-state index is 0.571. The number of aliphatic imine (C=N–C) groups is 1. The molecule has 1 heterocycles. The summed E-state index contributed by atoms with van der Waals surface area (Å²) in [5, 5.41) is 11.0. The molecule has 6 heteroatoms. The van der Waals surface area contributed by atoms with Crippen LogP contribution in [0.3, 0.4) is 0 Å². The normalized spacial score (nSPS) is 16.5. The van der Waals surface area contributed by atoms with E-state index in [1.54, 1.807) is 0 Å². The average molecular weight is 335 g/mol. The molecule has 1 aliphatic rings. The van der Waals surface area contributed by atoms with Crippen LogP contribution in [-0.2, 0) is 19.4 Å². The zero-order valence-corrected chi connectivity index (χ0v) is 15.9. The number of likely N-dealkylation sites (N-methyl/N-ethyl adjacent to an activating group) is 1. The van der Waals surface area contributed by atoms with Crippen LogP contribution in [0.1, 0.15) is 50.6 Å². The van der Waals surface area contributed by atoms with Gasteiger partial charge < -0.3 is 20.1 Å². The molecule has 0 spiro atoms. The summed E-state index contributed by atoms with van der Waals surface area (Å²) >= 11 is 0. The fourth-order valence-electron chi connectivity index (χ4n) is 3.07. The Labute approximate surface area is 146 Å². The van der Waals surface area contributed by atoms with Gasteiger partial charge in [-0.3, -0.25) is 0 Å². The van der Waals surface area contributed by atoms with Gasteiger partial charge in [0.25, 0.3) is 0 Å². The first-order chi connectivity index (χ1) is 11.6. The molecule has 0 radical (unpaired) electrons. The molecule has 1 atom stereocenters. The summed E-state index contributed by atoms with van der Waals surface area (Å²) in [5.74, 6) is 2.65. The molecule has 2 rings (SSSR count). The van der Waals surface area contributed by atoms with E-state index in [-0.39, 0.29) is 0 Å². The largest absolute Gasteiger partial charge is 0.361 e. The molecule has 136 valence electrons. The molecule has 1 unspecified atom stereocenters. The third kappa shape index (κ3) is 4.97. The van der Waals surface area contributed by atoms with E-state index in [1.807, 2.05) is 0 Å². The minimum absolute atomic E-state index is 0.571. The summed E-state index contributed by atoms with van der Waals surface area (Å²) in [7, 11) is 4.32. The van der Waals surface area contributed by atoms with Crippen molar-refractivity contribution in [3.63, 3.8) is 0 Å². The molecule has 24 heavy (non-hydrogen) atoms. The molecule has 0 aliphatic heterocycles. The lowest BCUT2D eigenvalue weighted by Crippen LogP contribution is -2.46. The number of guanidine groups is 1. The van der Waals surface area contributed by atoms with E-state index >= 15 is 0 Å². The Hall–Kier alpha value is -1.56. The van der Waals surface area contributed by atoms with E-state index < -0.39 is 0 Å². The summed E-state index contributed by atoms with van der Waals surface area (Å²) in [4.78, 5) is 7.08. The lowest BCUT2D eigenvalue weighted by molar-refractivity contribution is 0.264. The van der Waals surface area contributed by atoms with Crippen LogP contribution in [0.15, 0.2) is 9.52 Å². The average Bonchev–Trinajstić information content (AvgIpc) is 3.31. The molecular weight excluding hydrogens is 302 g/mol. The summed E-state index contributed by atoms with van der Waals surface area (Å²) < 4.78 is 5.43. The second kappa shape index (κ2) is 9.06. The number of aryl methyl sites for hydroxylation is 2. The van der Waals surface area contributed by atoms with Crippen molar-refractivity contribution in [3.8, 4) is 0 Å². The SMILES string of the molecule is CCNC(=NCc1c(CC)noc1CC)NCC(C1CC1)N(C)C. The van der Waals surface area contributed by atoms with E-state index in [9.17, 15) is 0 Å². The Morgan fingerprint density at radius 1 is 1.25 bits per heavy atom. The molecular formula is C18H33N5O. The highest BCUT2D eigenvalue weighted by Crippen LogP contribution is 2.34. The van der Waals surface area contributed by atoms with Crippen molar-refractivity contribution in [1.82, 2.24) is 20.7 Å². The van der Waals surface area contributed by atoms with Gasteiger partial charge in [-0.1, -0.05) is 19.0 Å². The Morgan fingerprint density at radius 3 is 2.54 bits per heavy atom. The van der Waals surface area contributed by atoms with Crippen LogP contribution in [0.4, 0.5) is 0 Å². The third-order valence-corrected chi connectivity index (χ3v) is 4.65. The molecule has 1 aliphatic carbocycles. The van der Waals surface area contributed by atoms with Gasteiger partial charge in [-0.2, -0.15) is 0 Å². The van der Waals surface area contributed by atoms with Crippen molar-refractivity contribution < 1.29 is 4.52 Å². The number of aromatic nitrogens is 1. The van der Waals surface area contributed by atoms with Crippen molar-refractivity contribution in [2.24, 2.45) is 10.9 Å². The van der Waals surface area contributed by atoms with Crippen molar-refractivity contribution in [3.05, 3.63) is 17.0 Å². The van der Waals surface area contributed by atoms with Crippen LogP contribution in [0.2, 0.25) is 0 Å². The van der Waals surface area contributed by atoms with Gasteiger partial charge >= 0.3 is 0 Å². The van der Waals surface area contributed by atoms with Gasteiger partial charge in [-0.15, -0.1) is 0 Å². The lowest BCUT2D eigenvalue weighted by atomic mass is 10.1. The molecule has 0 bridgehead atoms. The molecule has 0 aromatic carbocycles. The predicted molar refractivity (Wildman–Crippen MR) is 98.3 cm³/mol. The van der Waals surface area contributed by atoms with Gasteiger partial charge in [0.2, 0.25) is 0 Å². The maximum Gasteiger partial charge on any atom is 0.191 e. The molecule has 1 aromatic heterocycles. The Bertz CT molecular complexity index is 510. The maximum atomic E-state index is 5.43. The van der Waals surface area contributed by atoms with Crippen LogP contribution < -0.4 is 10.6 Å². The van der Waals surface area contributed by atoms with Crippen LogP contribution in [0.5, 0.6) is 0 Å². The first-order valence-electron chi connectivity index (χ1n) is 9.25. The highest BCUT2D eigenvalue weighted by molar-refractivity contribution is 5.79. The second-order valence-corrected chi connectivity index (χ2v) is 6.68. The van der Waals surface area contributed by atoms with Gasteiger partial charge in [0.1, 0.15) is 5.76 Å². The smallest absolute Gasteiger partial charge is 0.191 e. The van der Waals surface area contributed by atoms with E-state index in [4.69, 9.17) is 9.52 Å². The van der Waals surface area contributed by atoms with E-state index in [0.29, 0.717) is 12.6 Å². The first kappa shape index (κ1) is 18.8. The van der Waals surface area contributed by atoms with Gasteiger partial charge in [0.05, 0.1) is 12.2 Å². The highest BCUT2D eigenvalue weighted by Gasteiger charge is 2.32. The lowest BCUT2D eigenvalue weighted by Gasteiger charge is -2.25. The Kier molecular flexibility index (Phi) is 7.09. The standard InChI is InChI=1S/C18H33N5O/c1-6-15-14(17(7-2)24-22-15)11-20-18(19-8-3)21-12-16(23(4)5)13-9-10-13/h13,16H,6-12H2,1-5H3,(H2,19,20,21). The summed E-state index contributed by atoms with van der Waals surface area (Å²) in [6.07, 6.45) is 4.42. The van der Waals surface area contributed by atoms with Gasteiger partial charge in [-0.25, -0.2) is 4.99 Å².